The molecule has 26 heteroatoms. The number of carbonyl (C=O) groups excluding carboxylic acids is 11. The molecule has 0 spiro atoms. The van der Waals surface area contributed by atoms with Gasteiger partial charge in [-0.05, 0) is 102 Å². The molecule has 13 atom stereocenters. The maximum atomic E-state index is 15.2. The predicted molar refractivity (Wildman–Crippen MR) is 341 cm³/mol. The van der Waals surface area contributed by atoms with Crippen molar-refractivity contribution < 1.29 is 72.5 Å². The van der Waals surface area contributed by atoms with E-state index in [1.165, 1.54) is 89.7 Å². The van der Waals surface area contributed by atoms with Gasteiger partial charge < -0.3 is 70.5 Å². The number of carboxylic acids is 1. The van der Waals surface area contributed by atoms with E-state index in [2.05, 4.69) is 21.3 Å². The second-order valence-corrected chi connectivity index (χ2v) is 26.5. The summed E-state index contributed by atoms with van der Waals surface area (Å²) in [5, 5.41) is 32.2. The van der Waals surface area contributed by atoms with Gasteiger partial charge in [-0.25, -0.2) is 0 Å². The van der Waals surface area contributed by atoms with Crippen molar-refractivity contribution in [1.29, 1.82) is 0 Å². The summed E-state index contributed by atoms with van der Waals surface area (Å²) in [6.45, 7) is 26.4. The highest BCUT2D eigenvalue weighted by atomic mass is 16.5. The van der Waals surface area contributed by atoms with Crippen molar-refractivity contribution in [2.45, 2.75) is 228 Å². The van der Waals surface area contributed by atoms with Crippen molar-refractivity contribution in [3.05, 3.63) is 12.2 Å². The van der Waals surface area contributed by atoms with Crippen LogP contribution in [0.3, 0.4) is 0 Å². The predicted octanol–water partition coefficient (Wildman–Crippen LogP) is 2.49. The summed E-state index contributed by atoms with van der Waals surface area (Å²) in [6, 6.07) is -13.2. The number of aliphatic hydroxyl groups excluding tert-OH is 1. The van der Waals surface area contributed by atoms with Crippen LogP contribution in [0, 0.1) is 35.5 Å². The molecule has 0 bridgehead atoms. The van der Waals surface area contributed by atoms with Crippen molar-refractivity contribution in [2.24, 2.45) is 35.5 Å². The van der Waals surface area contributed by atoms with Gasteiger partial charge in [0.1, 0.15) is 60.4 Å². The first-order valence-electron chi connectivity index (χ1n) is 31.8. The Kier molecular flexibility index (Phi) is 34.0. The molecule has 0 aromatic heterocycles. The Hall–Kier alpha value is -6.70. The second-order valence-electron chi connectivity index (χ2n) is 26.5. The molecule has 1 saturated heterocycles. The van der Waals surface area contributed by atoms with Gasteiger partial charge in [-0.15, -0.1) is 0 Å². The molecule has 6 N–H and O–H groups in total. The van der Waals surface area contributed by atoms with Gasteiger partial charge in [-0.2, -0.15) is 0 Å². The molecule has 1 aliphatic heterocycles. The first-order valence-corrected chi connectivity index (χ1v) is 31.8. The first-order chi connectivity index (χ1) is 41.6. The Bertz CT molecular complexity index is 2490. The van der Waals surface area contributed by atoms with E-state index < -0.39 is 168 Å². The van der Waals surface area contributed by atoms with E-state index in [9.17, 15) is 58.2 Å². The maximum Gasteiger partial charge on any atom is 0.303 e. The number of hydrogen-bond acceptors (Lipinski definition) is 14. The van der Waals surface area contributed by atoms with Gasteiger partial charge in [-0.1, -0.05) is 95.2 Å². The summed E-state index contributed by atoms with van der Waals surface area (Å²) in [5.74, 6) is -11.7. The van der Waals surface area contributed by atoms with E-state index in [1.54, 1.807) is 60.6 Å². The fourth-order valence-electron chi connectivity index (χ4n) is 11.1. The lowest BCUT2D eigenvalue weighted by atomic mass is 9.91. The maximum absolute atomic E-state index is 15.2. The Labute approximate surface area is 535 Å². The fourth-order valence-corrected chi connectivity index (χ4v) is 11.1. The molecular weight excluding hydrogens is 1160 g/mol. The van der Waals surface area contributed by atoms with Crippen LogP contribution in [0.25, 0.3) is 0 Å². The minimum atomic E-state index is -1.66. The smallest absolute Gasteiger partial charge is 0.303 e. The Morgan fingerprint density at radius 3 is 1.49 bits per heavy atom. The molecule has 514 valence electrons. The summed E-state index contributed by atoms with van der Waals surface area (Å²) in [4.78, 5) is 181. The van der Waals surface area contributed by atoms with Gasteiger partial charge in [0.25, 0.3) is 0 Å². The molecule has 0 radical (unpaired) electrons. The third kappa shape index (κ3) is 23.2. The van der Waals surface area contributed by atoms with Crippen molar-refractivity contribution >= 4 is 70.9 Å². The number of aliphatic carboxylic acids is 1. The van der Waals surface area contributed by atoms with E-state index in [1.807, 2.05) is 41.5 Å². The van der Waals surface area contributed by atoms with Gasteiger partial charge in [0.15, 0.2) is 0 Å². The fraction of sp³-hybridized carbons (Fsp3) is 0.781. The molecule has 0 aromatic carbocycles. The summed E-state index contributed by atoms with van der Waals surface area (Å²) in [7, 11) is 9.58. The molecular formula is C64H113N11O15. The van der Waals surface area contributed by atoms with Crippen LogP contribution in [0.2, 0.25) is 0 Å². The molecule has 0 aliphatic carbocycles. The number of allylic oxidation sites excluding steroid dienone is 2. The van der Waals surface area contributed by atoms with Gasteiger partial charge in [0, 0.05) is 62.4 Å². The second kappa shape index (κ2) is 37.6. The van der Waals surface area contributed by atoms with Crippen LogP contribution in [-0.2, 0) is 62.3 Å². The number of hydrogen-bond donors (Lipinski definition) is 6. The number of amides is 11. The van der Waals surface area contributed by atoms with Crippen LogP contribution in [0.4, 0.5) is 0 Å². The molecule has 1 rings (SSSR count). The number of nitrogens with zero attached hydrogens (tertiary/aromatic N) is 7. The van der Waals surface area contributed by atoms with E-state index in [-0.39, 0.29) is 69.3 Å². The molecule has 26 nitrogen and oxygen atoms in total. The zero-order valence-electron chi connectivity index (χ0n) is 58.2. The molecule has 1 aliphatic rings. The first kappa shape index (κ1) is 81.3. The van der Waals surface area contributed by atoms with Crippen LogP contribution >= 0.6 is 0 Å². The average Bonchev–Trinajstić information content (AvgIpc) is 3.59. The van der Waals surface area contributed by atoms with Crippen molar-refractivity contribution in [2.75, 3.05) is 62.5 Å². The summed E-state index contributed by atoms with van der Waals surface area (Å²) >= 11 is 0. The molecule has 0 unspecified atom stereocenters. The highest BCUT2D eigenvalue weighted by Gasteiger charge is 2.46. The zero-order chi connectivity index (χ0) is 69.7. The third-order valence-electron chi connectivity index (χ3n) is 16.7. The largest absolute Gasteiger partial charge is 0.481 e. The highest BCUT2D eigenvalue weighted by Crippen LogP contribution is 2.26. The van der Waals surface area contributed by atoms with Gasteiger partial charge in [-0.3, -0.25) is 57.5 Å². The monoisotopic (exact) mass is 1280 g/mol. The minimum Gasteiger partial charge on any atom is -0.481 e. The van der Waals surface area contributed by atoms with Crippen LogP contribution in [0.15, 0.2) is 12.2 Å². The van der Waals surface area contributed by atoms with E-state index >= 15 is 9.59 Å². The lowest BCUT2D eigenvalue weighted by Gasteiger charge is -2.41. The molecule has 90 heavy (non-hydrogen) atoms. The average molecular weight is 1280 g/mol. The molecule has 1 heterocycles. The lowest BCUT2D eigenvalue weighted by molar-refractivity contribution is -0.157. The molecule has 0 saturated carbocycles. The SMILES string of the molecule is C/C=C/C[C@@H](C)[C@@H](O)[C@H]1C(=O)N[C@@H](CC)C(=O)N(C)CC(=O)N(C)[C@@H]([C@@H](C)OCCCC(=O)O)C(=O)N[C@@H](C(C)C)C(=O)N(C)[C@@H](CC(C)C)C(=O)N[C@@H](C)C(=O)N[C@H](C)C(=O)N(C)[C@@H](CC(C)C)C(=O)N(C)[C@@H](CC(C)C)C(=O)N(C)[C@@H](C(C)C)C(=O)N1C. The summed E-state index contributed by atoms with van der Waals surface area (Å²) in [6.07, 6.45) is 1.23. The summed E-state index contributed by atoms with van der Waals surface area (Å²) < 4.78 is 5.96. The number of rotatable bonds is 19. The minimum absolute atomic E-state index is 0.0388. The standard InChI is InChI=1S/C64H113N11O15/c1-24-26-28-40(13)54(79)53-58(83)67-44(25-2)60(85)69(17)34-48(76)73(21)52(43(16)90-30-27-29-49(77)78)57(82)68-50(38(9)10)63(88)70(18)45(31-35(3)4)56(81)65-41(14)55(80)66-42(15)59(84)71(19)46(32-36(5)6)61(86)72(20)47(33-37(7)8)62(87)74(22)51(39(11)12)64(89)75(53)23/h24,26,35-47,50-54,79H,25,27-34H2,1-23H3,(H,65,81)(H,66,80)(H,67,83)(H,68,82)(H,77,78)/b26-24+/t40-,41+,42-,43-,44+,45+,46+,47+,50+,51+,52+,53+,54-/m1/s1. The Morgan fingerprint density at radius 2 is 1.01 bits per heavy atom. The number of carboxylic acid groups (broad SMARTS) is 1. The van der Waals surface area contributed by atoms with Crippen LogP contribution in [0.5, 0.6) is 0 Å². The van der Waals surface area contributed by atoms with Gasteiger partial charge in [0.05, 0.1) is 18.8 Å². The number of aliphatic hydroxyl groups is 1. The van der Waals surface area contributed by atoms with Gasteiger partial charge in [0.2, 0.25) is 65.0 Å². The Morgan fingerprint density at radius 1 is 0.544 bits per heavy atom. The number of ether oxygens (including phenoxy) is 1. The lowest BCUT2D eigenvalue weighted by Crippen LogP contribution is -2.63. The highest BCUT2D eigenvalue weighted by molar-refractivity contribution is 5.99. The quantitative estimate of drug-likeness (QED) is 0.0800. The van der Waals surface area contributed by atoms with Crippen LogP contribution in [-0.4, -0.2) is 251 Å². The van der Waals surface area contributed by atoms with Crippen molar-refractivity contribution in [3.63, 3.8) is 0 Å². The number of carbonyl (C=O) groups is 12. The van der Waals surface area contributed by atoms with Gasteiger partial charge >= 0.3 is 5.97 Å². The van der Waals surface area contributed by atoms with Crippen LogP contribution < -0.4 is 21.3 Å². The normalized spacial score (nSPS) is 26.3. The van der Waals surface area contributed by atoms with Crippen LogP contribution in [0.1, 0.15) is 156 Å². The zero-order valence-corrected chi connectivity index (χ0v) is 58.2. The van der Waals surface area contributed by atoms with E-state index in [0.717, 1.165) is 14.7 Å². The molecule has 1 fully saturated rings. The number of likely N-dealkylation sites (N-methyl/N-ethyl adjacent to an activating group) is 7. The van der Waals surface area contributed by atoms with E-state index in [0.29, 0.717) is 0 Å². The van der Waals surface area contributed by atoms with Crippen molar-refractivity contribution in [3.8, 4) is 0 Å². The van der Waals surface area contributed by atoms with Crippen molar-refractivity contribution in [1.82, 2.24) is 55.6 Å². The molecule has 11 amide bonds. The third-order valence-corrected chi connectivity index (χ3v) is 16.7. The Balaban J connectivity index is 4.39. The topological polar surface area (TPSA) is 325 Å². The summed E-state index contributed by atoms with van der Waals surface area (Å²) in [5.41, 5.74) is 0. The molecule has 0 aromatic rings. The number of nitrogens with one attached hydrogen (secondary N) is 4. The van der Waals surface area contributed by atoms with E-state index in [4.69, 9.17) is 4.74 Å².